The van der Waals surface area contributed by atoms with Crippen LogP contribution in [0.25, 0.3) is 22.3 Å². The minimum absolute atomic E-state index is 0.0503. The molecule has 0 amide bonds. The van der Waals surface area contributed by atoms with Gasteiger partial charge in [-0.2, -0.15) is 0 Å². The molecule has 1 N–H and O–H groups in total. The van der Waals surface area contributed by atoms with Crippen molar-refractivity contribution in [1.29, 1.82) is 0 Å². The lowest BCUT2D eigenvalue weighted by Gasteiger charge is -2.31. The molecule has 484 valence electrons. The Morgan fingerprint density at radius 3 is 1.30 bits per heavy atom. The molecule has 2 heterocycles. The maximum absolute atomic E-state index is 15.0. The molecule has 4 aromatic carbocycles. The summed E-state index contributed by atoms with van der Waals surface area (Å²) in [6.45, 7) is 29.1. The Hall–Kier alpha value is -5.42. The molecule has 0 aliphatic heterocycles. The van der Waals surface area contributed by atoms with Gasteiger partial charge >= 0.3 is 11.9 Å². The molecule has 0 radical (unpaired) electrons. The molecule has 0 bridgehead atoms. The summed E-state index contributed by atoms with van der Waals surface area (Å²) in [6.07, 6.45) is 7.18. The van der Waals surface area contributed by atoms with Gasteiger partial charge in [0.1, 0.15) is 29.8 Å². The Labute approximate surface area is 536 Å². The molecular formula is C69H93BrF2N4O10P2Si. The number of hydrogen-bond acceptors (Lipinski definition) is 13. The Morgan fingerprint density at radius 2 is 0.978 bits per heavy atom. The zero-order valence-corrected chi connectivity index (χ0v) is 59.2. The van der Waals surface area contributed by atoms with E-state index in [4.69, 9.17) is 23.5 Å². The molecule has 8 rings (SSSR count). The molecule has 2 aliphatic carbocycles. The zero-order chi connectivity index (χ0) is 65.7. The van der Waals surface area contributed by atoms with Crippen molar-refractivity contribution in [3.63, 3.8) is 0 Å². The van der Waals surface area contributed by atoms with Gasteiger partial charge in [0.2, 0.25) is 19.1 Å². The molecule has 2 fully saturated rings. The topological polar surface area (TPSA) is 167 Å². The highest BCUT2D eigenvalue weighted by Crippen LogP contribution is 2.54. The SMILES string of the molecule is CCOP(C)(=O)CC(c1cccc(OC(=O)c2ccc(-c3cc(OC)ncc3F)c(CN(C(C)C)C(C)C)c2)c1)C1CC1.COc1cc(-c2ccc(C(=O)Oc3cccc(C(CP(C)(=O)O)C4CC4)c3)cc2CN(C(C)C)C(C)C)c(F)cn1.C[Si](C)(C)Br. The highest BCUT2D eigenvalue weighted by molar-refractivity contribution is 9.26. The van der Waals surface area contributed by atoms with Crippen molar-refractivity contribution >= 4 is 48.7 Å². The van der Waals surface area contributed by atoms with Crippen LogP contribution in [0.3, 0.4) is 0 Å². The minimum atomic E-state index is -3.21. The normalized spacial score (nSPS) is 15.4. The van der Waals surface area contributed by atoms with Crippen molar-refractivity contribution in [2.75, 3.05) is 46.5 Å². The molecular weight excluding hydrogens is 1250 g/mol. The first kappa shape index (κ1) is 72.6. The Kier molecular flexibility index (Phi) is 26.3. The Bertz CT molecular complexity index is 3440. The van der Waals surface area contributed by atoms with E-state index in [9.17, 15) is 28.0 Å². The van der Waals surface area contributed by atoms with Crippen LogP contribution in [0.5, 0.6) is 23.3 Å². The third-order valence-corrected chi connectivity index (χ3v) is 18.5. The standard InChI is InChI=1S/C34H44FN2O5P.C32H40FN2O5P.C3H9BrSi/c1-8-41-43(7,39)21-31(24-12-13-24)25-10-9-11-28(17-25)42-34(38)26-14-15-29(30-18-33(40-6)36-19-32(30)35)27(16-26)20-37(22(2)3)23(4)5;1-20(2)35(21(3)4)18-25-14-24(12-13-27(25)28-16-31(39-5)34-17-30(28)33)32(36)40-26-9-7-8-23(15-26)29(22-10-11-22)19-41(6,37)38;1-5(2,3)4/h9-11,14-19,22-24,31H,8,12-13,20-21H2,1-7H3;7-9,12-17,20-22,29H,10-11,18-19H2,1-6H3,(H,37,38);1-3H3. The average molecular weight is 1350 g/mol. The number of benzene rings is 4. The molecule has 4 unspecified atom stereocenters. The van der Waals surface area contributed by atoms with E-state index in [0.717, 1.165) is 60.3 Å². The fourth-order valence-corrected chi connectivity index (χ4v) is 14.2. The molecule has 2 saturated carbocycles. The molecule has 0 spiro atoms. The van der Waals surface area contributed by atoms with Crippen LogP contribution in [0.2, 0.25) is 19.6 Å². The van der Waals surface area contributed by atoms with E-state index in [1.807, 2.05) is 37.3 Å². The van der Waals surface area contributed by atoms with Crippen LogP contribution in [0.1, 0.15) is 143 Å². The van der Waals surface area contributed by atoms with E-state index >= 15 is 4.39 Å². The number of carbonyl (C=O) groups excluding carboxylic acids is 2. The fraction of sp³-hybridized carbons (Fsp3) is 0.478. The van der Waals surface area contributed by atoms with Crippen LogP contribution >= 0.6 is 30.0 Å². The van der Waals surface area contributed by atoms with Crippen LogP contribution in [0, 0.1) is 23.5 Å². The number of methoxy groups -OCH3 is 2. The summed E-state index contributed by atoms with van der Waals surface area (Å²) in [7, 11) is -2.98. The minimum Gasteiger partial charge on any atom is -0.481 e. The van der Waals surface area contributed by atoms with E-state index in [0.29, 0.717) is 94.3 Å². The maximum atomic E-state index is 15.0. The van der Waals surface area contributed by atoms with Gasteiger partial charge in [-0.25, -0.2) is 28.3 Å². The van der Waals surface area contributed by atoms with Gasteiger partial charge in [-0.3, -0.25) is 18.9 Å². The van der Waals surface area contributed by atoms with Crippen molar-refractivity contribution in [3.8, 4) is 45.5 Å². The zero-order valence-electron chi connectivity index (χ0n) is 54.8. The lowest BCUT2D eigenvalue weighted by atomic mass is 9.96. The van der Waals surface area contributed by atoms with Crippen molar-refractivity contribution in [2.45, 2.75) is 157 Å². The molecule has 6 aromatic rings. The van der Waals surface area contributed by atoms with Crippen LogP contribution in [0.15, 0.2) is 109 Å². The second kappa shape index (κ2) is 32.2. The summed E-state index contributed by atoms with van der Waals surface area (Å²) in [5.41, 5.74) is 6.18. The number of carbonyl (C=O) groups is 2. The van der Waals surface area contributed by atoms with Crippen molar-refractivity contribution in [2.24, 2.45) is 11.8 Å². The predicted octanol–water partition coefficient (Wildman–Crippen LogP) is 17.5. The van der Waals surface area contributed by atoms with Crippen LogP contribution in [-0.2, 0) is 26.7 Å². The number of nitrogens with zero attached hydrogens (tertiary/aromatic N) is 4. The quantitative estimate of drug-likeness (QED) is 0.0179. The van der Waals surface area contributed by atoms with Crippen LogP contribution in [0.4, 0.5) is 8.78 Å². The predicted molar refractivity (Wildman–Crippen MR) is 361 cm³/mol. The highest BCUT2D eigenvalue weighted by atomic mass is 79.9. The molecule has 14 nitrogen and oxygen atoms in total. The maximum Gasteiger partial charge on any atom is 0.343 e. The van der Waals surface area contributed by atoms with Crippen molar-refractivity contribution < 1.29 is 55.9 Å². The first-order valence-electron chi connectivity index (χ1n) is 30.8. The molecule has 2 aliphatic rings. The number of halogens is 3. The molecule has 20 heteroatoms. The van der Waals surface area contributed by atoms with Gasteiger partial charge in [-0.15, -0.1) is 15.3 Å². The van der Waals surface area contributed by atoms with E-state index in [1.54, 1.807) is 73.4 Å². The Balaban J connectivity index is 0.000000264. The summed E-state index contributed by atoms with van der Waals surface area (Å²) in [5, 5.41) is 0. The summed E-state index contributed by atoms with van der Waals surface area (Å²) in [6, 6.07) is 29.1. The van der Waals surface area contributed by atoms with E-state index in [1.165, 1.54) is 20.9 Å². The first-order valence-corrected chi connectivity index (χ1v) is 41.1. The van der Waals surface area contributed by atoms with E-state index in [-0.39, 0.29) is 42.2 Å². The lowest BCUT2D eigenvalue weighted by Crippen LogP contribution is -2.36. The van der Waals surface area contributed by atoms with Crippen molar-refractivity contribution in [1.82, 2.24) is 19.8 Å². The summed E-state index contributed by atoms with van der Waals surface area (Å²) < 4.78 is 83.0. The smallest absolute Gasteiger partial charge is 0.343 e. The first-order chi connectivity index (χ1) is 41.8. The number of rotatable bonds is 26. The molecule has 2 aromatic heterocycles. The van der Waals surface area contributed by atoms with Gasteiger partial charge in [0.25, 0.3) is 0 Å². The lowest BCUT2D eigenvalue weighted by molar-refractivity contribution is 0.0724. The van der Waals surface area contributed by atoms with Gasteiger partial charge in [-0.05, 0) is 194 Å². The molecule has 89 heavy (non-hydrogen) atoms. The average Bonchev–Trinajstić information content (AvgIpc) is 2.03. The van der Waals surface area contributed by atoms with Gasteiger partial charge in [0.15, 0.2) is 7.37 Å². The second-order valence-electron chi connectivity index (χ2n) is 25.6. The monoisotopic (exact) mass is 1340 g/mol. The summed E-state index contributed by atoms with van der Waals surface area (Å²) in [4.78, 5) is 49.4. The Morgan fingerprint density at radius 1 is 0.607 bits per heavy atom. The number of hydrogen-bond donors (Lipinski definition) is 1. The van der Waals surface area contributed by atoms with Gasteiger partial charge in [-0.1, -0.05) is 56.0 Å². The fourth-order valence-electron chi connectivity index (χ4n) is 11.1. The summed E-state index contributed by atoms with van der Waals surface area (Å²) >= 11 is 3.51. The number of pyridine rings is 2. The van der Waals surface area contributed by atoms with Gasteiger partial charge in [0.05, 0.1) is 44.3 Å². The van der Waals surface area contributed by atoms with Gasteiger partial charge in [0, 0.05) is 86.2 Å². The second-order valence-corrected chi connectivity index (χ2v) is 42.0. The number of esters is 2. The molecule has 0 saturated heterocycles. The molecule has 4 atom stereocenters. The third-order valence-electron chi connectivity index (χ3n) is 15.5. The largest absolute Gasteiger partial charge is 0.481 e. The summed E-state index contributed by atoms with van der Waals surface area (Å²) in [5.74, 6) is 0.270. The van der Waals surface area contributed by atoms with Gasteiger partial charge < -0.3 is 28.4 Å². The third kappa shape index (κ3) is 22.4. The number of aromatic nitrogens is 2. The van der Waals surface area contributed by atoms with E-state index in [2.05, 4.69) is 110 Å². The number of ether oxygens (including phenoxy) is 4. The van der Waals surface area contributed by atoms with Crippen LogP contribution in [-0.4, -0.2) is 114 Å². The van der Waals surface area contributed by atoms with E-state index < -0.39 is 45.0 Å². The highest BCUT2D eigenvalue weighted by Gasteiger charge is 2.38. The van der Waals surface area contributed by atoms with Crippen molar-refractivity contribution in [3.05, 3.63) is 154 Å². The van der Waals surface area contributed by atoms with Crippen LogP contribution < -0.4 is 18.9 Å².